The van der Waals surface area contributed by atoms with Gasteiger partial charge in [0.1, 0.15) is 11.3 Å². The molecule has 0 spiro atoms. The molecule has 100 valence electrons. The van der Waals surface area contributed by atoms with Gasteiger partial charge in [0.15, 0.2) is 5.65 Å². The minimum atomic E-state index is 0.650. The molecule has 2 aromatic heterocycles. The monoisotopic (exact) mass is 282 g/mol. The van der Waals surface area contributed by atoms with Crippen LogP contribution >= 0.6 is 11.8 Å². The number of benzene rings is 1. The molecule has 0 unspecified atom stereocenters. The van der Waals surface area contributed by atoms with E-state index in [4.69, 9.17) is 0 Å². The highest BCUT2D eigenvalue weighted by Gasteiger charge is 2.00. The Morgan fingerprint density at radius 2 is 1.80 bits per heavy atom. The topological polar surface area (TPSA) is 50.7 Å². The first-order valence-electron chi connectivity index (χ1n) is 6.28. The van der Waals surface area contributed by atoms with Crippen LogP contribution in [0.2, 0.25) is 0 Å². The van der Waals surface area contributed by atoms with E-state index >= 15 is 0 Å². The third-order valence-corrected chi connectivity index (χ3v) is 3.49. The highest BCUT2D eigenvalue weighted by molar-refractivity contribution is 7.97. The zero-order chi connectivity index (χ0) is 13.8. The molecule has 0 radical (unpaired) electrons. The van der Waals surface area contributed by atoms with Gasteiger partial charge in [-0.2, -0.15) is 11.8 Å². The van der Waals surface area contributed by atoms with Gasteiger partial charge in [-0.05, 0) is 36.1 Å². The van der Waals surface area contributed by atoms with Crippen molar-refractivity contribution in [2.45, 2.75) is 5.75 Å². The summed E-state index contributed by atoms with van der Waals surface area (Å²) in [6.45, 7) is 0. The summed E-state index contributed by atoms with van der Waals surface area (Å²) in [7, 11) is 0. The van der Waals surface area contributed by atoms with Crippen molar-refractivity contribution in [2.24, 2.45) is 0 Å². The van der Waals surface area contributed by atoms with Crippen molar-refractivity contribution in [3.05, 3.63) is 54.4 Å². The van der Waals surface area contributed by atoms with Crippen molar-refractivity contribution in [3.63, 3.8) is 0 Å². The molecule has 1 aromatic carbocycles. The van der Waals surface area contributed by atoms with Crippen molar-refractivity contribution in [1.82, 2.24) is 15.0 Å². The smallest absolute Gasteiger partial charge is 0.180 e. The average Bonchev–Trinajstić information content (AvgIpc) is 2.49. The molecule has 0 aliphatic carbocycles. The van der Waals surface area contributed by atoms with Gasteiger partial charge >= 0.3 is 0 Å². The molecule has 2 heterocycles. The van der Waals surface area contributed by atoms with Crippen LogP contribution in [0.1, 0.15) is 5.56 Å². The van der Waals surface area contributed by atoms with E-state index in [1.807, 2.05) is 23.9 Å². The molecule has 4 nitrogen and oxygen atoms in total. The lowest BCUT2D eigenvalue weighted by Crippen LogP contribution is -1.95. The summed E-state index contributed by atoms with van der Waals surface area (Å²) < 4.78 is 0. The fourth-order valence-corrected chi connectivity index (χ4v) is 2.45. The maximum Gasteiger partial charge on any atom is 0.180 e. The molecule has 0 amide bonds. The highest BCUT2D eigenvalue weighted by atomic mass is 32.2. The average molecular weight is 282 g/mol. The van der Waals surface area contributed by atoms with Crippen LogP contribution in [0.5, 0.6) is 0 Å². The van der Waals surface area contributed by atoms with Crippen LogP contribution in [0.25, 0.3) is 11.2 Å². The Hall–Kier alpha value is -2.14. The number of hydrogen-bond acceptors (Lipinski definition) is 5. The number of rotatable bonds is 4. The second kappa shape index (κ2) is 5.88. The zero-order valence-electron chi connectivity index (χ0n) is 11.1. The van der Waals surface area contributed by atoms with Gasteiger partial charge in [0.25, 0.3) is 0 Å². The van der Waals surface area contributed by atoms with Crippen molar-refractivity contribution >= 4 is 34.4 Å². The maximum absolute atomic E-state index is 4.44. The molecule has 0 atom stereocenters. The fourth-order valence-electron chi connectivity index (χ4n) is 1.92. The number of nitrogens with zero attached hydrogens (tertiary/aromatic N) is 3. The third-order valence-electron chi connectivity index (χ3n) is 2.87. The summed E-state index contributed by atoms with van der Waals surface area (Å²) in [6.07, 6.45) is 5.42. The van der Waals surface area contributed by atoms with Crippen LogP contribution in [0, 0.1) is 0 Å². The lowest BCUT2D eigenvalue weighted by molar-refractivity contribution is 1.22. The summed E-state index contributed by atoms with van der Waals surface area (Å²) in [6, 6.07) is 12.2. The summed E-state index contributed by atoms with van der Waals surface area (Å²) in [4.78, 5) is 12.9. The van der Waals surface area contributed by atoms with Crippen LogP contribution in [0.15, 0.2) is 48.8 Å². The van der Waals surface area contributed by atoms with Crippen LogP contribution < -0.4 is 5.32 Å². The first kappa shape index (κ1) is 12.9. The van der Waals surface area contributed by atoms with Gasteiger partial charge in [-0.1, -0.05) is 12.1 Å². The Labute approximate surface area is 121 Å². The summed E-state index contributed by atoms with van der Waals surface area (Å²) in [5.41, 5.74) is 3.79. The number of thioether (sulfide) groups is 1. The molecule has 0 saturated heterocycles. The summed E-state index contributed by atoms with van der Waals surface area (Å²) in [5.74, 6) is 1.81. The van der Waals surface area contributed by atoms with E-state index in [2.05, 4.69) is 50.8 Å². The molecule has 3 aromatic rings. The normalized spacial score (nSPS) is 10.7. The van der Waals surface area contributed by atoms with Gasteiger partial charge in [-0.15, -0.1) is 0 Å². The van der Waals surface area contributed by atoms with E-state index < -0.39 is 0 Å². The van der Waals surface area contributed by atoms with Crippen molar-refractivity contribution in [1.29, 1.82) is 0 Å². The second-order valence-corrected chi connectivity index (χ2v) is 5.22. The minimum Gasteiger partial charge on any atom is -0.340 e. The second-order valence-electron chi connectivity index (χ2n) is 4.35. The Kier molecular flexibility index (Phi) is 3.78. The minimum absolute atomic E-state index is 0.650. The van der Waals surface area contributed by atoms with E-state index in [-0.39, 0.29) is 0 Å². The molecule has 0 saturated carbocycles. The number of nitrogens with one attached hydrogen (secondary N) is 1. The largest absolute Gasteiger partial charge is 0.340 e. The van der Waals surface area contributed by atoms with Gasteiger partial charge < -0.3 is 5.32 Å². The number of aromatic nitrogens is 3. The first-order valence-corrected chi connectivity index (χ1v) is 7.67. The first-order chi connectivity index (χ1) is 9.85. The van der Waals surface area contributed by atoms with Gasteiger partial charge in [0, 0.05) is 23.8 Å². The number of pyridine rings is 1. The lowest BCUT2D eigenvalue weighted by Gasteiger charge is -2.07. The molecule has 20 heavy (non-hydrogen) atoms. The van der Waals surface area contributed by atoms with Gasteiger partial charge in [0.05, 0.1) is 0 Å². The lowest BCUT2D eigenvalue weighted by atomic mass is 10.2. The standard InChI is InChI=1S/C15H14N4S/c1-20-10-11-2-4-12(5-3-11)18-14-7-6-13-15(19-14)17-9-8-16-13/h2-9H,10H2,1H3,(H,17,18,19). The van der Waals surface area contributed by atoms with E-state index in [1.54, 1.807) is 12.4 Å². The molecule has 5 heteroatoms. The molecule has 1 N–H and O–H groups in total. The predicted octanol–water partition coefficient (Wildman–Crippen LogP) is 3.63. The van der Waals surface area contributed by atoms with Crippen molar-refractivity contribution < 1.29 is 0 Å². The van der Waals surface area contributed by atoms with E-state index in [0.29, 0.717) is 5.65 Å². The molecule has 0 bridgehead atoms. The van der Waals surface area contributed by atoms with Crippen molar-refractivity contribution in [2.75, 3.05) is 11.6 Å². The Morgan fingerprint density at radius 3 is 2.60 bits per heavy atom. The predicted molar refractivity (Wildman–Crippen MR) is 84.3 cm³/mol. The number of fused-ring (bicyclic) bond motifs is 1. The summed E-state index contributed by atoms with van der Waals surface area (Å²) >= 11 is 1.82. The number of hydrogen-bond donors (Lipinski definition) is 1. The third kappa shape index (κ3) is 2.88. The maximum atomic E-state index is 4.44. The Balaban J connectivity index is 1.81. The van der Waals surface area contributed by atoms with Crippen LogP contribution in [0.4, 0.5) is 11.5 Å². The molecular weight excluding hydrogens is 268 g/mol. The fraction of sp³-hybridized carbons (Fsp3) is 0.133. The van der Waals surface area contributed by atoms with Crippen LogP contribution in [0.3, 0.4) is 0 Å². The number of anilines is 2. The quantitative estimate of drug-likeness (QED) is 0.792. The Bertz CT molecular complexity index is 712. The van der Waals surface area contributed by atoms with E-state index in [1.165, 1.54) is 5.56 Å². The molecule has 0 fully saturated rings. The zero-order valence-corrected chi connectivity index (χ0v) is 11.9. The van der Waals surface area contributed by atoms with Crippen LogP contribution in [-0.4, -0.2) is 21.2 Å². The molecule has 0 aliphatic heterocycles. The van der Waals surface area contributed by atoms with Gasteiger partial charge in [-0.25, -0.2) is 9.97 Å². The van der Waals surface area contributed by atoms with Crippen LogP contribution in [-0.2, 0) is 5.75 Å². The van der Waals surface area contributed by atoms with Gasteiger partial charge in [0.2, 0.25) is 0 Å². The van der Waals surface area contributed by atoms with E-state index in [9.17, 15) is 0 Å². The van der Waals surface area contributed by atoms with E-state index in [0.717, 1.165) is 22.8 Å². The molecule has 0 aliphatic rings. The Morgan fingerprint density at radius 1 is 1.00 bits per heavy atom. The highest BCUT2D eigenvalue weighted by Crippen LogP contribution is 2.18. The molecule has 3 rings (SSSR count). The summed E-state index contributed by atoms with van der Waals surface area (Å²) in [5, 5.41) is 3.28. The molecular formula is C15H14N4S. The SMILES string of the molecule is CSCc1ccc(Nc2ccc3nccnc3n2)cc1. The van der Waals surface area contributed by atoms with Gasteiger partial charge in [-0.3, -0.25) is 4.98 Å². The van der Waals surface area contributed by atoms with Crippen molar-refractivity contribution in [3.8, 4) is 0 Å².